The first-order valence-corrected chi connectivity index (χ1v) is 11.2. The number of rotatable bonds is 0. The Balaban J connectivity index is 1.85. The summed E-state index contributed by atoms with van der Waals surface area (Å²) >= 11 is 0. The van der Waals surface area contributed by atoms with E-state index in [1.54, 1.807) is 0 Å². The SMILES string of the molecule is c1ccc2cc3c(cc2c1)c1c2ccccc2cc2ccc4cc5ccccc5c3c4c21. The van der Waals surface area contributed by atoms with Gasteiger partial charge in [0.2, 0.25) is 0 Å². The van der Waals surface area contributed by atoms with Gasteiger partial charge in [0.05, 0.1) is 0 Å². The first-order chi connectivity index (χ1) is 15.9. The first kappa shape index (κ1) is 16.5. The summed E-state index contributed by atoms with van der Waals surface area (Å²) in [6.07, 6.45) is 0. The van der Waals surface area contributed by atoms with Crippen molar-refractivity contribution in [2.75, 3.05) is 0 Å². The number of benzene rings is 8. The molecule has 32 heavy (non-hydrogen) atoms. The molecule has 0 spiro atoms. The standard InChI is InChI=1S/C32H18/c1-2-8-20-18-28-27(17-19(20)7-1)31-25-11-5-3-9-21(25)15-23-13-14-24-16-22-10-4-6-12-26(22)32(28)30(24)29(23)31/h1-18H. The largest absolute Gasteiger partial charge is 0.0616 e. The van der Waals surface area contributed by atoms with Gasteiger partial charge < -0.3 is 0 Å². The molecular formula is C32H18. The maximum absolute atomic E-state index is 2.41. The van der Waals surface area contributed by atoms with Crippen LogP contribution in [0.15, 0.2) is 109 Å². The monoisotopic (exact) mass is 402 g/mol. The molecule has 0 atom stereocenters. The third kappa shape index (κ3) is 1.98. The van der Waals surface area contributed by atoms with Crippen LogP contribution in [0.25, 0.3) is 75.4 Å². The van der Waals surface area contributed by atoms with E-state index in [1.165, 1.54) is 75.4 Å². The molecule has 146 valence electrons. The molecule has 0 aliphatic rings. The summed E-state index contributed by atoms with van der Waals surface area (Å²) in [6, 6.07) is 40.6. The first-order valence-electron chi connectivity index (χ1n) is 11.2. The van der Waals surface area contributed by atoms with Crippen molar-refractivity contribution in [2.45, 2.75) is 0 Å². The summed E-state index contributed by atoms with van der Waals surface area (Å²) in [7, 11) is 0. The smallest absolute Gasteiger partial charge is 0.00136 e. The molecule has 0 aliphatic carbocycles. The molecule has 8 rings (SSSR count). The Bertz CT molecular complexity index is 1880. The van der Waals surface area contributed by atoms with Crippen molar-refractivity contribution in [3.63, 3.8) is 0 Å². The van der Waals surface area contributed by atoms with Crippen LogP contribution in [0.1, 0.15) is 0 Å². The van der Waals surface area contributed by atoms with Crippen LogP contribution < -0.4 is 0 Å². The molecule has 0 aliphatic heterocycles. The normalized spacial score (nSPS) is 12.4. The molecule has 8 aromatic carbocycles. The Morgan fingerprint density at radius 3 is 1.12 bits per heavy atom. The Labute approximate surface area is 184 Å². The van der Waals surface area contributed by atoms with Crippen LogP contribution in [0.3, 0.4) is 0 Å². The Hall–Kier alpha value is -4.16. The number of hydrogen-bond acceptors (Lipinski definition) is 0. The van der Waals surface area contributed by atoms with Crippen molar-refractivity contribution >= 4 is 75.4 Å². The van der Waals surface area contributed by atoms with E-state index in [9.17, 15) is 0 Å². The average Bonchev–Trinajstić information content (AvgIpc) is 2.85. The van der Waals surface area contributed by atoms with E-state index in [1.807, 2.05) is 0 Å². The summed E-state index contributed by atoms with van der Waals surface area (Å²) in [5.41, 5.74) is 0. The maximum Gasteiger partial charge on any atom is -0.00136 e. The van der Waals surface area contributed by atoms with E-state index in [4.69, 9.17) is 0 Å². The van der Waals surface area contributed by atoms with Crippen LogP contribution in [0.5, 0.6) is 0 Å². The van der Waals surface area contributed by atoms with Crippen LogP contribution in [0, 0.1) is 0 Å². The van der Waals surface area contributed by atoms with Crippen LogP contribution in [0.2, 0.25) is 0 Å². The van der Waals surface area contributed by atoms with Crippen LogP contribution in [0.4, 0.5) is 0 Å². The van der Waals surface area contributed by atoms with Crippen molar-refractivity contribution in [1.29, 1.82) is 0 Å². The van der Waals surface area contributed by atoms with E-state index in [0.29, 0.717) is 0 Å². The minimum absolute atomic E-state index is 1.29. The van der Waals surface area contributed by atoms with E-state index >= 15 is 0 Å². The molecule has 0 radical (unpaired) electrons. The van der Waals surface area contributed by atoms with E-state index < -0.39 is 0 Å². The van der Waals surface area contributed by atoms with Gasteiger partial charge in [-0.2, -0.15) is 0 Å². The summed E-state index contributed by atoms with van der Waals surface area (Å²) in [4.78, 5) is 0. The fourth-order valence-electron chi connectivity index (χ4n) is 5.93. The lowest BCUT2D eigenvalue weighted by molar-refractivity contribution is 1.79. The molecule has 0 heteroatoms. The van der Waals surface area contributed by atoms with Gasteiger partial charge in [0.15, 0.2) is 0 Å². The molecule has 0 saturated heterocycles. The molecule has 0 N–H and O–H groups in total. The van der Waals surface area contributed by atoms with E-state index in [0.717, 1.165) is 0 Å². The van der Waals surface area contributed by atoms with Gasteiger partial charge in [-0.1, -0.05) is 84.9 Å². The average molecular weight is 402 g/mol. The summed E-state index contributed by atoms with van der Waals surface area (Å²) in [6.45, 7) is 0. The lowest BCUT2D eigenvalue weighted by Crippen LogP contribution is -1.90. The third-order valence-electron chi connectivity index (χ3n) is 7.28. The van der Waals surface area contributed by atoms with Gasteiger partial charge in [-0.25, -0.2) is 0 Å². The van der Waals surface area contributed by atoms with Crippen molar-refractivity contribution < 1.29 is 0 Å². The lowest BCUT2D eigenvalue weighted by atomic mass is 9.84. The van der Waals surface area contributed by atoms with Gasteiger partial charge in [0, 0.05) is 0 Å². The Kier molecular flexibility index (Phi) is 2.97. The molecular weight excluding hydrogens is 384 g/mol. The summed E-state index contributed by atoms with van der Waals surface area (Å²) < 4.78 is 0. The highest BCUT2D eigenvalue weighted by atomic mass is 14.2. The van der Waals surface area contributed by atoms with Crippen molar-refractivity contribution in [3.8, 4) is 0 Å². The Morgan fingerprint density at radius 1 is 0.250 bits per heavy atom. The second-order valence-electron chi connectivity index (χ2n) is 8.95. The predicted molar refractivity (Wildman–Crippen MR) is 140 cm³/mol. The molecule has 0 fully saturated rings. The van der Waals surface area contributed by atoms with Gasteiger partial charge in [-0.3, -0.25) is 0 Å². The van der Waals surface area contributed by atoms with Crippen LogP contribution in [-0.4, -0.2) is 0 Å². The molecule has 0 nitrogen and oxygen atoms in total. The van der Waals surface area contributed by atoms with Gasteiger partial charge >= 0.3 is 0 Å². The number of fused-ring (bicyclic) bond motifs is 8. The fraction of sp³-hybridized carbons (Fsp3) is 0. The van der Waals surface area contributed by atoms with Crippen LogP contribution in [-0.2, 0) is 0 Å². The zero-order chi connectivity index (χ0) is 20.8. The molecule has 0 aromatic heterocycles. The van der Waals surface area contributed by atoms with Crippen molar-refractivity contribution in [1.82, 2.24) is 0 Å². The van der Waals surface area contributed by atoms with Crippen molar-refractivity contribution in [3.05, 3.63) is 109 Å². The fourth-order valence-corrected chi connectivity index (χ4v) is 5.93. The molecule has 0 unspecified atom stereocenters. The Morgan fingerprint density at radius 2 is 0.656 bits per heavy atom. The van der Waals surface area contributed by atoms with Gasteiger partial charge in [-0.05, 0) is 99.7 Å². The van der Waals surface area contributed by atoms with Gasteiger partial charge in [-0.15, -0.1) is 0 Å². The number of hydrogen-bond donors (Lipinski definition) is 0. The zero-order valence-corrected chi connectivity index (χ0v) is 17.4. The highest BCUT2D eigenvalue weighted by Crippen LogP contribution is 2.47. The minimum Gasteiger partial charge on any atom is -0.0616 e. The summed E-state index contributed by atoms with van der Waals surface area (Å²) in [5, 5.41) is 18.8. The van der Waals surface area contributed by atoms with Gasteiger partial charge in [0.25, 0.3) is 0 Å². The second-order valence-corrected chi connectivity index (χ2v) is 8.95. The highest BCUT2D eigenvalue weighted by Gasteiger charge is 2.18. The quantitative estimate of drug-likeness (QED) is 0.175. The predicted octanol–water partition coefficient (Wildman–Crippen LogP) is 9.20. The van der Waals surface area contributed by atoms with Gasteiger partial charge in [0.1, 0.15) is 0 Å². The zero-order valence-electron chi connectivity index (χ0n) is 17.4. The second kappa shape index (κ2) is 5.75. The molecule has 0 heterocycles. The van der Waals surface area contributed by atoms with Crippen LogP contribution >= 0.6 is 0 Å². The third-order valence-corrected chi connectivity index (χ3v) is 7.28. The van der Waals surface area contributed by atoms with E-state index in [2.05, 4.69) is 109 Å². The van der Waals surface area contributed by atoms with E-state index in [-0.39, 0.29) is 0 Å². The lowest BCUT2D eigenvalue weighted by Gasteiger charge is -2.19. The topological polar surface area (TPSA) is 0 Å². The molecule has 0 bridgehead atoms. The molecule has 0 amide bonds. The minimum atomic E-state index is 1.29. The summed E-state index contributed by atoms with van der Waals surface area (Å²) in [5.74, 6) is 0. The van der Waals surface area contributed by atoms with Crippen molar-refractivity contribution in [2.24, 2.45) is 0 Å². The maximum atomic E-state index is 2.41. The highest BCUT2D eigenvalue weighted by molar-refractivity contribution is 6.42. The molecule has 0 saturated carbocycles. The molecule has 8 aromatic rings.